The summed E-state index contributed by atoms with van der Waals surface area (Å²) in [6.45, 7) is 6.95. The van der Waals surface area contributed by atoms with Crippen molar-refractivity contribution < 1.29 is 4.74 Å². The first-order valence-corrected chi connectivity index (χ1v) is 6.74. The van der Waals surface area contributed by atoms with Gasteiger partial charge in [0.15, 0.2) is 0 Å². The lowest BCUT2D eigenvalue weighted by molar-refractivity contribution is 0.241. The van der Waals surface area contributed by atoms with Gasteiger partial charge in [0.25, 0.3) is 0 Å². The standard InChI is InChI=1S/C15H21N3O/c1-13(11-16)12-17-7-9-18(10-8-17)14-3-5-15(19-2)6-4-14/h3-6,13H,7-10,12H2,1-2H3. The average Bonchev–Trinajstić information content (AvgIpc) is 2.48. The third-order valence-corrected chi connectivity index (χ3v) is 3.56. The number of anilines is 1. The molecule has 0 amide bonds. The lowest BCUT2D eigenvalue weighted by Crippen LogP contribution is -2.47. The maximum absolute atomic E-state index is 8.85. The molecule has 1 atom stereocenters. The van der Waals surface area contributed by atoms with E-state index in [9.17, 15) is 0 Å². The average molecular weight is 259 g/mol. The third kappa shape index (κ3) is 3.62. The first-order chi connectivity index (χ1) is 9.22. The molecule has 0 bridgehead atoms. The SMILES string of the molecule is COc1ccc(N2CCN(CC(C)C#N)CC2)cc1. The van der Waals surface area contributed by atoms with Crippen molar-refractivity contribution in [3.8, 4) is 11.8 Å². The Morgan fingerprint density at radius 3 is 2.37 bits per heavy atom. The number of nitrogens with zero attached hydrogens (tertiary/aromatic N) is 3. The zero-order valence-electron chi connectivity index (χ0n) is 11.7. The molecule has 0 aliphatic carbocycles. The van der Waals surface area contributed by atoms with Crippen LogP contribution in [0.5, 0.6) is 5.75 Å². The fourth-order valence-corrected chi connectivity index (χ4v) is 2.41. The Kier molecular flexibility index (Phi) is 4.64. The van der Waals surface area contributed by atoms with Gasteiger partial charge in [0, 0.05) is 38.4 Å². The normalized spacial score (nSPS) is 17.8. The van der Waals surface area contributed by atoms with E-state index in [1.165, 1.54) is 5.69 Å². The van der Waals surface area contributed by atoms with E-state index >= 15 is 0 Å². The number of benzene rings is 1. The Balaban J connectivity index is 1.87. The topological polar surface area (TPSA) is 39.5 Å². The maximum Gasteiger partial charge on any atom is 0.119 e. The zero-order valence-corrected chi connectivity index (χ0v) is 11.7. The smallest absolute Gasteiger partial charge is 0.119 e. The van der Waals surface area contributed by atoms with Crippen LogP contribution in [-0.2, 0) is 0 Å². The van der Waals surface area contributed by atoms with Crippen molar-refractivity contribution in [2.75, 3.05) is 44.7 Å². The lowest BCUT2D eigenvalue weighted by atomic mass is 10.1. The number of hydrogen-bond acceptors (Lipinski definition) is 4. The van der Waals surface area contributed by atoms with Crippen LogP contribution in [0.4, 0.5) is 5.69 Å². The monoisotopic (exact) mass is 259 g/mol. The van der Waals surface area contributed by atoms with Gasteiger partial charge in [-0.1, -0.05) is 0 Å². The van der Waals surface area contributed by atoms with Crippen LogP contribution in [0.2, 0.25) is 0 Å². The molecule has 1 aliphatic rings. The summed E-state index contributed by atoms with van der Waals surface area (Å²) in [4.78, 5) is 4.75. The first-order valence-electron chi connectivity index (χ1n) is 6.74. The highest BCUT2D eigenvalue weighted by molar-refractivity contribution is 5.49. The molecular formula is C15H21N3O. The first kappa shape index (κ1) is 13.7. The molecule has 2 rings (SSSR count). The van der Waals surface area contributed by atoms with Gasteiger partial charge in [-0.2, -0.15) is 5.26 Å². The van der Waals surface area contributed by atoms with Gasteiger partial charge in [0.2, 0.25) is 0 Å². The molecule has 1 aliphatic heterocycles. The zero-order chi connectivity index (χ0) is 13.7. The van der Waals surface area contributed by atoms with Crippen molar-refractivity contribution in [1.82, 2.24) is 4.90 Å². The molecule has 0 saturated carbocycles. The minimum atomic E-state index is 0.118. The molecule has 0 spiro atoms. The van der Waals surface area contributed by atoms with Crippen LogP contribution in [0.15, 0.2) is 24.3 Å². The Morgan fingerprint density at radius 1 is 1.21 bits per heavy atom. The fourth-order valence-electron chi connectivity index (χ4n) is 2.41. The molecule has 1 unspecified atom stereocenters. The minimum absolute atomic E-state index is 0.118. The van der Waals surface area contributed by atoms with E-state index in [1.807, 2.05) is 19.1 Å². The number of methoxy groups -OCH3 is 1. The quantitative estimate of drug-likeness (QED) is 0.829. The van der Waals surface area contributed by atoms with Gasteiger partial charge in [0.05, 0.1) is 19.1 Å². The van der Waals surface area contributed by atoms with Crippen LogP contribution in [0.3, 0.4) is 0 Å². The summed E-state index contributed by atoms with van der Waals surface area (Å²) in [5.74, 6) is 1.01. The summed E-state index contributed by atoms with van der Waals surface area (Å²) in [7, 11) is 1.68. The van der Waals surface area contributed by atoms with E-state index in [1.54, 1.807) is 7.11 Å². The largest absolute Gasteiger partial charge is 0.497 e. The van der Waals surface area contributed by atoms with Gasteiger partial charge >= 0.3 is 0 Å². The van der Waals surface area contributed by atoms with Gasteiger partial charge in [-0.25, -0.2) is 0 Å². The molecule has 0 aromatic heterocycles. The van der Waals surface area contributed by atoms with E-state index < -0.39 is 0 Å². The second-order valence-electron chi connectivity index (χ2n) is 5.02. The molecule has 0 radical (unpaired) electrons. The van der Waals surface area contributed by atoms with Crippen LogP contribution in [0.1, 0.15) is 6.92 Å². The van der Waals surface area contributed by atoms with Crippen LogP contribution < -0.4 is 9.64 Å². The van der Waals surface area contributed by atoms with Crippen LogP contribution >= 0.6 is 0 Å². The number of piperazine rings is 1. The van der Waals surface area contributed by atoms with Gasteiger partial charge in [0.1, 0.15) is 5.75 Å². The summed E-state index contributed by atoms with van der Waals surface area (Å²) in [6.07, 6.45) is 0. The molecule has 1 saturated heterocycles. The van der Waals surface area contributed by atoms with Crippen molar-refractivity contribution in [2.45, 2.75) is 6.92 Å². The van der Waals surface area contributed by atoms with Crippen LogP contribution in [0, 0.1) is 17.2 Å². The van der Waals surface area contributed by atoms with E-state index in [-0.39, 0.29) is 5.92 Å². The number of nitriles is 1. The van der Waals surface area contributed by atoms with Gasteiger partial charge in [-0.05, 0) is 31.2 Å². The summed E-state index contributed by atoms with van der Waals surface area (Å²) in [5.41, 5.74) is 1.24. The van der Waals surface area contributed by atoms with Crippen LogP contribution in [-0.4, -0.2) is 44.7 Å². The molecule has 1 fully saturated rings. The van der Waals surface area contributed by atoms with Gasteiger partial charge in [-0.3, -0.25) is 4.90 Å². The number of ether oxygens (including phenoxy) is 1. The molecule has 4 heteroatoms. The van der Waals surface area contributed by atoms with Crippen molar-refractivity contribution in [3.63, 3.8) is 0 Å². The molecule has 0 N–H and O–H groups in total. The summed E-state index contributed by atoms with van der Waals surface area (Å²) >= 11 is 0. The highest BCUT2D eigenvalue weighted by atomic mass is 16.5. The van der Waals surface area contributed by atoms with Gasteiger partial charge < -0.3 is 9.64 Å². The van der Waals surface area contributed by atoms with E-state index in [2.05, 4.69) is 28.0 Å². The molecule has 102 valence electrons. The number of hydrogen-bond donors (Lipinski definition) is 0. The fraction of sp³-hybridized carbons (Fsp3) is 0.533. The lowest BCUT2D eigenvalue weighted by Gasteiger charge is -2.36. The Morgan fingerprint density at radius 2 is 1.84 bits per heavy atom. The van der Waals surface area contributed by atoms with E-state index in [0.29, 0.717) is 0 Å². The second-order valence-corrected chi connectivity index (χ2v) is 5.02. The van der Waals surface area contributed by atoms with Crippen LogP contribution in [0.25, 0.3) is 0 Å². The predicted octanol–water partition coefficient (Wildman–Crippen LogP) is 1.98. The highest BCUT2D eigenvalue weighted by Gasteiger charge is 2.18. The molecule has 4 nitrogen and oxygen atoms in total. The Hall–Kier alpha value is -1.73. The predicted molar refractivity (Wildman–Crippen MR) is 76.4 cm³/mol. The summed E-state index contributed by atoms with van der Waals surface area (Å²) in [6, 6.07) is 10.5. The van der Waals surface area contributed by atoms with Crippen molar-refractivity contribution in [3.05, 3.63) is 24.3 Å². The Bertz CT molecular complexity index is 430. The summed E-state index contributed by atoms with van der Waals surface area (Å²) in [5, 5.41) is 8.85. The molecule has 1 aromatic rings. The molecule has 19 heavy (non-hydrogen) atoms. The minimum Gasteiger partial charge on any atom is -0.497 e. The van der Waals surface area contributed by atoms with Crippen molar-refractivity contribution in [2.24, 2.45) is 5.92 Å². The highest BCUT2D eigenvalue weighted by Crippen LogP contribution is 2.20. The number of rotatable bonds is 4. The molecule has 1 aromatic carbocycles. The van der Waals surface area contributed by atoms with Crippen molar-refractivity contribution >= 4 is 5.69 Å². The molecule has 1 heterocycles. The third-order valence-electron chi connectivity index (χ3n) is 3.56. The van der Waals surface area contributed by atoms with Crippen molar-refractivity contribution in [1.29, 1.82) is 5.26 Å². The molecular weight excluding hydrogens is 238 g/mol. The Labute approximate surface area is 115 Å². The van der Waals surface area contributed by atoms with Gasteiger partial charge in [-0.15, -0.1) is 0 Å². The summed E-state index contributed by atoms with van der Waals surface area (Å²) < 4.78 is 5.17. The van der Waals surface area contributed by atoms with E-state index in [0.717, 1.165) is 38.5 Å². The second kappa shape index (κ2) is 6.44. The van der Waals surface area contributed by atoms with E-state index in [4.69, 9.17) is 10.00 Å². The maximum atomic E-state index is 8.85.